The van der Waals surface area contributed by atoms with Gasteiger partial charge < -0.3 is 15.1 Å². The second-order valence-electron chi connectivity index (χ2n) is 6.88. The number of nitrogens with two attached hydrogens (primary N) is 1. The summed E-state index contributed by atoms with van der Waals surface area (Å²) in [5.74, 6) is 0.781. The maximum absolute atomic E-state index is 12.7. The van der Waals surface area contributed by atoms with E-state index >= 15 is 0 Å². The number of nitrogens with zero attached hydrogens (tertiary/aromatic N) is 1. The van der Waals surface area contributed by atoms with Gasteiger partial charge in [0.15, 0.2) is 5.76 Å². The molecule has 0 bridgehead atoms. The van der Waals surface area contributed by atoms with Gasteiger partial charge in [0.2, 0.25) is 0 Å². The Morgan fingerprint density at radius 3 is 2.39 bits per heavy atom. The molecule has 1 aromatic carbocycles. The number of benzene rings is 1. The highest BCUT2D eigenvalue weighted by atomic mass is 16.3. The Balaban J connectivity index is 2.26. The van der Waals surface area contributed by atoms with Crippen LogP contribution in [0.1, 0.15) is 47.5 Å². The fraction of sp³-hybridized carbons (Fsp3) is 0.526. The van der Waals surface area contributed by atoms with E-state index in [-0.39, 0.29) is 11.9 Å². The molecule has 0 fully saturated rings. The molecule has 0 aliphatic heterocycles. The zero-order valence-electron chi connectivity index (χ0n) is 15.1. The van der Waals surface area contributed by atoms with E-state index in [4.69, 9.17) is 10.2 Å². The van der Waals surface area contributed by atoms with Gasteiger partial charge in [-0.15, -0.1) is 0 Å². The van der Waals surface area contributed by atoms with Crippen molar-refractivity contribution in [2.75, 3.05) is 13.6 Å². The third-order valence-electron chi connectivity index (χ3n) is 4.68. The second kappa shape index (κ2) is 6.75. The predicted octanol–water partition coefficient (Wildman–Crippen LogP) is 3.80. The number of amides is 1. The number of fused-ring (bicyclic) bond motifs is 1. The van der Waals surface area contributed by atoms with Crippen LogP contribution in [-0.2, 0) is 0 Å². The van der Waals surface area contributed by atoms with Crippen molar-refractivity contribution in [2.24, 2.45) is 11.7 Å². The predicted molar refractivity (Wildman–Crippen MR) is 94.8 cm³/mol. The summed E-state index contributed by atoms with van der Waals surface area (Å²) in [6.45, 7) is 10.8. The summed E-state index contributed by atoms with van der Waals surface area (Å²) in [6, 6.07) is 4.20. The minimum absolute atomic E-state index is 0.0755. The maximum atomic E-state index is 12.7. The van der Waals surface area contributed by atoms with Crippen molar-refractivity contribution >= 4 is 16.9 Å². The van der Waals surface area contributed by atoms with Gasteiger partial charge in [0.05, 0.1) is 0 Å². The van der Waals surface area contributed by atoms with Crippen LogP contribution in [0.25, 0.3) is 11.0 Å². The van der Waals surface area contributed by atoms with Crippen LogP contribution in [0, 0.1) is 26.7 Å². The van der Waals surface area contributed by atoms with Crippen molar-refractivity contribution in [1.82, 2.24) is 4.90 Å². The van der Waals surface area contributed by atoms with E-state index < -0.39 is 0 Å². The quantitative estimate of drug-likeness (QED) is 0.912. The lowest BCUT2D eigenvalue weighted by molar-refractivity contribution is 0.0759. The average molecular weight is 316 g/mol. The number of furan rings is 1. The monoisotopic (exact) mass is 316 g/mol. The largest absolute Gasteiger partial charge is 0.450 e. The third-order valence-corrected chi connectivity index (χ3v) is 4.68. The minimum Gasteiger partial charge on any atom is -0.450 e. The SMILES string of the molecule is Cc1ccc(C)c2c(C)c(C(=O)N(C)CCC(N)C(C)C)oc12. The average Bonchev–Trinajstić information content (AvgIpc) is 2.86. The smallest absolute Gasteiger partial charge is 0.289 e. The molecule has 23 heavy (non-hydrogen) atoms. The molecule has 0 spiro atoms. The van der Waals surface area contributed by atoms with Gasteiger partial charge in [0, 0.05) is 30.6 Å². The Labute approximate surface area is 138 Å². The number of aryl methyl sites for hydroxylation is 3. The van der Waals surface area contributed by atoms with Crippen molar-refractivity contribution < 1.29 is 9.21 Å². The van der Waals surface area contributed by atoms with Gasteiger partial charge in [0.1, 0.15) is 5.58 Å². The van der Waals surface area contributed by atoms with Crippen LogP contribution in [0.5, 0.6) is 0 Å². The van der Waals surface area contributed by atoms with Gasteiger partial charge in [-0.05, 0) is 44.2 Å². The molecule has 0 saturated heterocycles. The first kappa shape index (κ1) is 17.5. The van der Waals surface area contributed by atoms with Crippen molar-refractivity contribution in [3.63, 3.8) is 0 Å². The molecular formula is C19H28N2O2. The van der Waals surface area contributed by atoms with E-state index in [1.54, 1.807) is 4.90 Å². The van der Waals surface area contributed by atoms with Crippen LogP contribution >= 0.6 is 0 Å². The number of carbonyl (C=O) groups is 1. The minimum atomic E-state index is -0.0755. The van der Waals surface area contributed by atoms with Gasteiger partial charge in [-0.3, -0.25) is 4.79 Å². The number of carbonyl (C=O) groups excluding carboxylic acids is 1. The van der Waals surface area contributed by atoms with E-state index in [0.717, 1.165) is 34.1 Å². The van der Waals surface area contributed by atoms with Crippen LogP contribution < -0.4 is 5.73 Å². The zero-order chi connectivity index (χ0) is 17.3. The van der Waals surface area contributed by atoms with E-state index in [1.807, 2.05) is 33.9 Å². The van der Waals surface area contributed by atoms with Crippen molar-refractivity contribution in [1.29, 1.82) is 0 Å². The van der Waals surface area contributed by atoms with Gasteiger partial charge in [-0.1, -0.05) is 26.0 Å². The topological polar surface area (TPSA) is 59.5 Å². The lowest BCUT2D eigenvalue weighted by atomic mass is 10.0. The highest BCUT2D eigenvalue weighted by Crippen LogP contribution is 2.31. The summed E-state index contributed by atoms with van der Waals surface area (Å²) in [6.07, 6.45) is 0.789. The molecule has 0 saturated carbocycles. The second-order valence-corrected chi connectivity index (χ2v) is 6.88. The summed E-state index contributed by atoms with van der Waals surface area (Å²) in [7, 11) is 1.81. The molecule has 1 aromatic heterocycles. The summed E-state index contributed by atoms with van der Waals surface area (Å²) in [5, 5.41) is 1.06. The first-order valence-corrected chi connectivity index (χ1v) is 8.24. The highest BCUT2D eigenvalue weighted by molar-refractivity contribution is 6.00. The van der Waals surface area contributed by atoms with Crippen LogP contribution in [-0.4, -0.2) is 30.4 Å². The van der Waals surface area contributed by atoms with E-state index in [2.05, 4.69) is 19.9 Å². The summed E-state index contributed by atoms with van der Waals surface area (Å²) in [5.41, 5.74) is 10.0. The molecule has 0 aliphatic carbocycles. The fourth-order valence-corrected chi connectivity index (χ4v) is 2.83. The standard InChI is InChI=1S/C19H28N2O2/c1-11(2)15(20)9-10-21(6)19(22)18-14(5)16-12(3)7-8-13(4)17(16)23-18/h7-8,11,15H,9-10,20H2,1-6H3. The molecule has 1 heterocycles. The van der Waals surface area contributed by atoms with Crippen LogP contribution in [0.2, 0.25) is 0 Å². The van der Waals surface area contributed by atoms with E-state index in [0.29, 0.717) is 18.2 Å². The van der Waals surface area contributed by atoms with E-state index in [1.165, 1.54) is 0 Å². The molecule has 2 N–H and O–H groups in total. The Morgan fingerprint density at radius 2 is 1.83 bits per heavy atom. The first-order valence-electron chi connectivity index (χ1n) is 8.24. The van der Waals surface area contributed by atoms with Crippen LogP contribution in [0.15, 0.2) is 16.5 Å². The molecule has 0 radical (unpaired) electrons. The molecule has 126 valence electrons. The van der Waals surface area contributed by atoms with Crippen molar-refractivity contribution in [3.8, 4) is 0 Å². The van der Waals surface area contributed by atoms with Crippen LogP contribution in [0.3, 0.4) is 0 Å². The summed E-state index contributed by atoms with van der Waals surface area (Å²) in [4.78, 5) is 14.4. The normalized spacial score (nSPS) is 12.9. The molecule has 1 unspecified atom stereocenters. The van der Waals surface area contributed by atoms with Gasteiger partial charge in [-0.2, -0.15) is 0 Å². The van der Waals surface area contributed by atoms with E-state index in [9.17, 15) is 4.79 Å². The van der Waals surface area contributed by atoms with Crippen molar-refractivity contribution in [3.05, 3.63) is 34.6 Å². The maximum Gasteiger partial charge on any atom is 0.289 e. The Bertz CT molecular complexity index is 716. The molecule has 1 atom stereocenters. The summed E-state index contributed by atoms with van der Waals surface area (Å²) >= 11 is 0. The fourth-order valence-electron chi connectivity index (χ4n) is 2.83. The van der Waals surface area contributed by atoms with Gasteiger partial charge in [-0.25, -0.2) is 0 Å². The third kappa shape index (κ3) is 3.42. The Hall–Kier alpha value is -1.81. The van der Waals surface area contributed by atoms with Gasteiger partial charge in [0.25, 0.3) is 5.91 Å². The van der Waals surface area contributed by atoms with Gasteiger partial charge >= 0.3 is 0 Å². The molecule has 2 rings (SSSR count). The molecule has 0 aliphatic rings. The first-order chi connectivity index (χ1) is 10.7. The Kier molecular flexibility index (Phi) is 5.15. The highest BCUT2D eigenvalue weighted by Gasteiger charge is 2.23. The summed E-state index contributed by atoms with van der Waals surface area (Å²) < 4.78 is 5.93. The molecule has 4 heteroatoms. The molecule has 2 aromatic rings. The Morgan fingerprint density at radius 1 is 1.22 bits per heavy atom. The number of hydrogen-bond acceptors (Lipinski definition) is 3. The number of hydrogen-bond donors (Lipinski definition) is 1. The molecule has 4 nitrogen and oxygen atoms in total. The lowest BCUT2D eigenvalue weighted by Gasteiger charge is -2.21. The zero-order valence-corrected chi connectivity index (χ0v) is 15.1. The molecule has 1 amide bonds. The van der Waals surface area contributed by atoms with Crippen molar-refractivity contribution in [2.45, 2.75) is 47.1 Å². The number of rotatable bonds is 5. The van der Waals surface area contributed by atoms with Crippen LogP contribution in [0.4, 0.5) is 0 Å². The lowest BCUT2D eigenvalue weighted by Crippen LogP contribution is -2.34. The molecular weight excluding hydrogens is 288 g/mol.